The predicted octanol–water partition coefficient (Wildman–Crippen LogP) is 6.61. The second-order valence-electron chi connectivity index (χ2n) is 9.90. The summed E-state index contributed by atoms with van der Waals surface area (Å²) in [5.41, 5.74) is 7.72. The first-order valence-corrected chi connectivity index (χ1v) is 13.6. The number of anilines is 1. The normalized spacial score (nSPS) is 14.6. The molecule has 2 aromatic heterocycles. The lowest BCUT2D eigenvalue weighted by molar-refractivity contribution is 0.125. The van der Waals surface area contributed by atoms with Gasteiger partial charge in [0.2, 0.25) is 5.88 Å². The average Bonchev–Trinajstić information content (AvgIpc) is 3.07. The van der Waals surface area contributed by atoms with Crippen LogP contribution in [0.3, 0.4) is 0 Å². The molecule has 1 atom stereocenters. The molecule has 39 heavy (non-hydrogen) atoms. The Kier molecular flexibility index (Phi) is 8.10. The summed E-state index contributed by atoms with van der Waals surface area (Å²) in [5, 5.41) is 11.0. The number of fused-ring (bicyclic) bond motifs is 1. The molecule has 0 aliphatic carbocycles. The molecule has 0 saturated heterocycles. The Hall–Kier alpha value is -3.16. The molecule has 1 N–H and O–H groups in total. The fraction of sp³-hybridized carbons (Fsp3) is 0.258. The highest BCUT2D eigenvalue weighted by molar-refractivity contribution is 6.39. The number of pyridine rings is 2. The van der Waals surface area contributed by atoms with E-state index in [1.807, 2.05) is 43.3 Å². The van der Waals surface area contributed by atoms with Crippen LogP contribution in [-0.4, -0.2) is 59.9 Å². The van der Waals surface area contributed by atoms with Crippen LogP contribution < -0.4 is 9.64 Å². The number of aromatic nitrogens is 2. The summed E-state index contributed by atoms with van der Waals surface area (Å²) in [6, 6.07) is 17.8. The van der Waals surface area contributed by atoms with Gasteiger partial charge >= 0.3 is 0 Å². The maximum absolute atomic E-state index is 9.89. The van der Waals surface area contributed by atoms with Crippen molar-refractivity contribution in [2.75, 3.05) is 38.7 Å². The lowest BCUT2D eigenvalue weighted by atomic mass is 9.99. The van der Waals surface area contributed by atoms with Crippen molar-refractivity contribution in [2.24, 2.45) is 0 Å². The highest BCUT2D eigenvalue weighted by Gasteiger charge is 2.21. The first-order valence-electron chi connectivity index (χ1n) is 12.8. The molecule has 1 radical (unpaired) electrons. The van der Waals surface area contributed by atoms with Crippen molar-refractivity contribution in [3.8, 4) is 39.5 Å². The molecule has 0 spiro atoms. The standard InChI is InChI=1S/C31H31Cl2N4O2/c1-19-8-11-26(35-31(19)39-4)25-7-5-6-23(28(25)32)24-12-13-34-30(29(24)33)21-9-10-22-18-37(17-20(2)38)15-14-36(3)27(22)16-21/h5-13,16,20,38H,1,14-15,17-18H2,2-4H3/t20-/m0/s1. The van der Waals surface area contributed by atoms with Crippen molar-refractivity contribution >= 4 is 28.9 Å². The number of hydrogen-bond donors (Lipinski definition) is 1. The first-order chi connectivity index (χ1) is 18.8. The van der Waals surface area contributed by atoms with E-state index in [0.717, 1.165) is 47.6 Å². The molecule has 4 aromatic rings. The lowest BCUT2D eigenvalue weighted by Crippen LogP contribution is -2.34. The van der Waals surface area contributed by atoms with Gasteiger partial charge in [-0.15, -0.1) is 0 Å². The molecule has 6 nitrogen and oxygen atoms in total. The van der Waals surface area contributed by atoms with Gasteiger partial charge in [-0.3, -0.25) is 9.88 Å². The minimum Gasteiger partial charge on any atom is -0.481 e. The molecule has 1 aliphatic rings. The van der Waals surface area contributed by atoms with Crippen molar-refractivity contribution in [3.05, 3.63) is 88.9 Å². The number of benzene rings is 2. The van der Waals surface area contributed by atoms with Crippen LogP contribution in [-0.2, 0) is 6.54 Å². The van der Waals surface area contributed by atoms with Crippen LogP contribution in [0, 0.1) is 6.92 Å². The molecule has 1 aliphatic heterocycles. The highest BCUT2D eigenvalue weighted by Crippen LogP contribution is 2.42. The van der Waals surface area contributed by atoms with E-state index in [4.69, 9.17) is 27.9 Å². The summed E-state index contributed by atoms with van der Waals surface area (Å²) in [5.74, 6) is 0.459. The van der Waals surface area contributed by atoms with E-state index >= 15 is 0 Å². The van der Waals surface area contributed by atoms with Gasteiger partial charge in [0.05, 0.1) is 34.6 Å². The number of methoxy groups -OCH3 is 1. The number of nitrogens with zero attached hydrogens (tertiary/aromatic N) is 4. The van der Waals surface area contributed by atoms with E-state index in [1.54, 1.807) is 13.3 Å². The minimum absolute atomic E-state index is 0.368. The van der Waals surface area contributed by atoms with Crippen molar-refractivity contribution < 1.29 is 9.84 Å². The Morgan fingerprint density at radius 3 is 2.56 bits per heavy atom. The lowest BCUT2D eigenvalue weighted by Gasteiger charge is -2.21. The number of ether oxygens (including phenoxy) is 1. The number of rotatable bonds is 6. The van der Waals surface area contributed by atoms with Gasteiger partial charge in [-0.05, 0) is 37.6 Å². The van der Waals surface area contributed by atoms with Gasteiger partial charge < -0.3 is 14.7 Å². The topological polar surface area (TPSA) is 61.7 Å². The third-order valence-corrected chi connectivity index (χ3v) is 7.81. The van der Waals surface area contributed by atoms with Crippen LogP contribution in [0.15, 0.2) is 60.8 Å². The third kappa shape index (κ3) is 5.61. The van der Waals surface area contributed by atoms with E-state index in [0.29, 0.717) is 39.4 Å². The molecular weight excluding hydrogens is 531 g/mol. The third-order valence-electron chi connectivity index (χ3n) is 7.02. The number of aliphatic hydroxyl groups is 1. The fourth-order valence-corrected chi connectivity index (χ4v) is 5.70. The van der Waals surface area contributed by atoms with Crippen LogP contribution in [0.4, 0.5) is 5.69 Å². The second-order valence-corrected chi connectivity index (χ2v) is 10.7. The molecule has 2 aromatic carbocycles. The number of halogens is 2. The largest absolute Gasteiger partial charge is 0.481 e. The summed E-state index contributed by atoms with van der Waals surface area (Å²) >= 11 is 14.0. The second kappa shape index (κ2) is 11.5. The van der Waals surface area contributed by atoms with Crippen LogP contribution in [0.2, 0.25) is 10.0 Å². The Morgan fingerprint density at radius 1 is 1.03 bits per heavy atom. The summed E-state index contributed by atoms with van der Waals surface area (Å²) in [6.07, 6.45) is 1.39. The minimum atomic E-state index is -0.368. The first kappa shape index (κ1) is 27.4. The predicted molar refractivity (Wildman–Crippen MR) is 160 cm³/mol. The smallest absolute Gasteiger partial charge is 0.216 e. The Bertz CT molecular complexity index is 1510. The number of hydrogen-bond acceptors (Lipinski definition) is 6. The van der Waals surface area contributed by atoms with Gasteiger partial charge in [-0.25, -0.2) is 4.98 Å². The molecule has 3 heterocycles. The van der Waals surface area contributed by atoms with Gasteiger partial charge in [0.15, 0.2) is 0 Å². The molecular formula is C31H31Cl2N4O2. The summed E-state index contributed by atoms with van der Waals surface area (Å²) in [4.78, 5) is 13.8. The van der Waals surface area contributed by atoms with Crippen LogP contribution >= 0.6 is 23.2 Å². The summed E-state index contributed by atoms with van der Waals surface area (Å²) < 4.78 is 5.36. The van der Waals surface area contributed by atoms with Gasteiger partial charge in [-0.1, -0.05) is 59.6 Å². The van der Waals surface area contributed by atoms with E-state index in [1.165, 1.54) is 5.56 Å². The van der Waals surface area contributed by atoms with E-state index in [9.17, 15) is 5.11 Å². The summed E-state index contributed by atoms with van der Waals surface area (Å²) in [6.45, 7) is 8.95. The maximum atomic E-state index is 9.89. The molecule has 0 bridgehead atoms. The molecule has 0 amide bonds. The van der Waals surface area contributed by atoms with Gasteiger partial charge in [0, 0.05) is 72.9 Å². The number of likely N-dealkylation sites (N-methyl/N-ethyl adjacent to an activating group) is 1. The molecule has 8 heteroatoms. The van der Waals surface area contributed by atoms with Gasteiger partial charge in [0.1, 0.15) is 0 Å². The van der Waals surface area contributed by atoms with Gasteiger partial charge in [-0.2, -0.15) is 0 Å². The van der Waals surface area contributed by atoms with Crippen LogP contribution in [0.1, 0.15) is 18.1 Å². The zero-order valence-electron chi connectivity index (χ0n) is 22.3. The van der Waals surface area contributed by atoms with Crippen molar-refractivity contribution in [2.45, 2.75) is 19.6 Å². The number of β-amino-alcohol motifs (C(OH)–C–C–N with tert-alkyl or cyclic N) is 1. The molecule has 5 rings (SSSR count). The average molecular weight is 563 g/mol. The molecule has 201 valence electrons. The van der Waals surface area contributed by atoms with Crippen molar-refractivity contribution in [3.63, 3.8) is 0 Å². The Balaban J connectivity index is 1.53. The van der Waals surface area contributed by atoms with Crippen molar-refractivity contribution in [1.82, 2.24) is 14.9 Å². The SMILES string of the molecule is [CH2]c1ccc(-c2cccc(-c3ccnc(-c4ccc5c(c4)N(C)CCN(C[C@H](C)O)C5)c3Cl)c2Cl)nc1OC. The molecule has 0 saturated carbocycles. The molecule has 0 fully saturated rings. The Labute approximate surface area is 239 Å². The fourth-order valence-electron chi connectivity index (χ4n) is 5.05. The zero-order valence-corrected chi connectivity index (χ0v) is 23.8. The van der Waals surface area contributed by atoms with E-state index in [2.05, 4.69) is 51.9 Å². The summed E-state index contributed by atoms with van der Waals surface area (Å²) in [7, 11) is 3.66. The Morgan fingerprint density at radius 2 is 1.79 bits per heavy atom. The molecule has 0 unspecified atom stereocenters. The maximum Gasteiger partial charge on any atom is 0.216 e. The highest BCUT2D eigenvalue weighted by atomic mass is 35.5. The monoisotopic (exact) mass is 561 g/mol. The zero-order chi connectivity index (χ0) is 27.7. The van der Waals surface area contributed by atoms with E-state index in [-0.39, 0.29) is 6.10 Å². The van der Waals surface area contributed by atoms with Gasteiger partial charge in [0.25, 0.3) is 0 Å². The van der Waals surface area contributed by atoms with E-state index < -0.39 is 0 Å². The van der Waals surface area contributed by atoms with Crippen LogP contribution in [0.25, 0.3) is 33.6 Å². The van der Waals surface area contributed by atoms with Crippen molar-refractivity contribution in [1.29, 1.82) is 0 Å². The quantitative estimate of drug-likeness (QED) is 0.286. The number of aliphatic hydroxyl groups excluding tert-OH is 1. The van der Waals surface area contributed by atoms with Crippen LogP contribution in [0.5, 0.6) is 5.88 Å².